The highest BCUT2D eigenvalue weighted by atomic mass is 16.3. The van der Waals surface area contributed by atoms with E-state index in [0.29, 0.717) is 24.8 Å². The summed E-state index contributed by atoms with van der Waals surface area (Å²) in [5.74, 6) is 0.973. The average Bonchev–Trinajstić information content (AvgIpc) is 2.40. The largest absolute Gasteiger partial charge is 0.391 e. The predicted molar refractivity (Wildman–Crippen MR) is 81.9 cm³/mol. The van der Waals surface area contributed by atoms with Crippen LogP contribution in [-0.4, -0.2) is 27.3 Å². The van der Waals surface area contributed by atoms with Gasteiger partial charge in [0.15, 0.2) is 5.82 Å². The van der Waals surface area contributed by atoms with E-state index in [1.807, 2.05) is 0 Å². The summed E-state index contributed by atoms with van der Waals surface area (Å²) >= 11 is 0. The van der Waals surface area contributed by atoms with Gasteiger partial charge in [-0.15, -0.1) is 0 Å². The molecule has 1 aromatic heterocycles. The van der Waals surface area contributed by atoms with Gasteiger partial charge in [-0.05, 0) is 11.8 Å². The van der Waals surface area contributed by atoms with Gasteiger partial charge in [0.1, 0.15) is 0 Å². The molecule has 0 aliphatic carbocycles. The monoisotopic (exact) mass is 281 g/mol. The number of aliphatic hydroxyl groups is 1. The van der Waals surface area contributed by atoms with Crippen molar-refractivity contribution in [1.29, 1.82) is 0 Å². The van der Waals surface area contributed by atoms with Gasteiger partial charge in [-0.25, -0.2) is 4.98 Å². The highest BCUT2D eigenvalue weighted by Gasteiger charge is 2.16. The molecule has 1 atom stereocenters. The minimum absolute atomic E-state index is 0.127. The quantitative estimate of drug-likeness (QED) is 0.766. The van der Waals surface area contributed by atoms with E-state index in [2.05, 4.69) is 38.0 Å². The number of nitrogens with one attached hydrogen (secondary N) is 1. The van der Waals surface area contributed by atoms with Crippen LogP contribution in [0.25, 0.3) is 0 Å². The minimum Gasteiger partial charge on any atom is -0.391 e. The molecule has 0 radical (unpaired) electrons. The molecule has 2 N–H and O–H groups in total. The first-order chi connectivity index (χ1) is 9.49. The maximum absolute atomic E-state index is 12.2. The van der Waals surface area contributed by atoms with Crippen LogP contribution in [0.1, 0.15) is 40.5 Å². The van der Waals surface area contributed by atoms with Crippen LogP contribution in [0.5, 0.6) is 0 Å². The SMILES string of the molecule is CCC(CC)C(O)CNc1nccn(CC(C)C)c1=O. The zero-order valence-corrected chi connectivity index (χ0v) is 13.0. The molecule has 0 amide bonds. The standard InChI is InChI=1S/C15H27N3O2/c1-5-12(6-2)13(19)9-17-14-15(20)18(8-7-16-14)10-11(3)4/h7-8,11-13,19H,5-6,9-10H2,1-4H3,(H,16,17). The smallest absolute Gasteiger partial charge is 0.293 e. The lowest BCUT2D eigenvalue weighted by Crippen LogP contribution is -2.32. The molecule has 0 spiro atoms. The van der Waals surface area contributed by atoms with Gasteiger partial charge in [0, 0.05) is 25.5 Å². The second-order valence-corrected chi connectivity index (χ2v) is 5.65. The highest BCUT2D eigenvalue weighted by molar-refractivity contribution is 5.30. The van der Waals surface area contributed by atoms with Crippen molar-refractivity contribution in [1.82, 2.24) is 9.55 Å². The summed E-state index contributed by atoms with van der Waals surface area (Å²) in [7, 11) is 0. The van der Waals surface area contributed by atoms with Crippen molar-refractivity contribution in [3.63, 3.8) is 0 Å². The van der Waals surface area contributed by atoms with Crippen molar-refractivity contribution >= 4 is 5.82 Å². The molecule has 0 aromatic carbocycles. The Morgan fingerprint density at radius 2 is 2.00 bits per heavy atom. The van der Waals surface area contributed by atoms with E-state index in [4.69, 9.17) is 0 Å². The Labute approximate surface area is 121 Å². The average molecular weight is 281 g/mol. The maximum atomic E-state index is 12.2. The second kappa shape index (κ2) is 8.04. The molecule has 5 nitrogen and oxygen atoms in total. The van der Waals surface area contributed by atoms with Gasteiger partial charge < -0.3 is 15.0 Å². The third kappa shape index (κ3) is 4.63. The molecule has 1 rings (SSSR count). The molecule has 0 aliphatic heterocycles. The lowest BCUT2D eigenvalue weighted by molar-refractivity contribution is 0.114. The van der Waals surface area contributed by atoms with Crippen LogP contribution in [0.3, 0.4) is 0 Å². The molecule has 0 saturated carbocycles. The Morgan fingerprint density at radius 1 is 1.35 bits per heavy atom. The van der Waals surface area contributed by atoms with Crippen molar-refractivity contribution in [3.8, 4) is 0 Å². The number of hydrogen-bond donors (Lipinski definition) is 2. The number of nitrogens with zero attached hydrogens (tertiary/aromatic N) is 2. The van der Waals surface area contributed by atoms with Gasteiger partial charge >= 0.3 is 0 Å². The number of aliphatic hydroxyl groups excluding tert-OH is 1. The summed E-state index contributed by atoms with van der Waals surface area (Å²) in [5, 5.41) is 13.1. The van der Waals surface area contributed by atoms with E-state index < -0.39 is 6.10 Å². The number of aromatic nitrogens is 2. The molecule has 20 heavy (non-hydrogen) atoms. The van der Waals surface area contributed by atoms with E-state index in [9.17, 15) is 9.90 Å². The molecule has 5 heteroatoms. The van der Waals surface area contributed by atoms with Crippen molar-refractivity contribution in [2.75, 3.05) is 11.9 Å². The molecule has 0 saturated heterocycles. The maximum Gasteiger partial charge on any atom is 0.293 e. The van der Waals surface area contributed by atoms with Crippen LogP contribution < -0.4 is 10.9 Å². The molecule has 0 bridgehead atoms. The Bertz CT molecular complexity index is 453. The summed E-state index contributed by atoms with van der Waals surface area (Å²) in [4.78, 5) is 16.3. The van der Waals surface area contributed by atoms with Crippen LogP contribution in [-0.2, 0) is 6.54 Å². The molecule has 1 unspecified atom stereocenters. The van der Waals surface area contributed by atoms with Gasteiger partial charge in [0.25, 0.3) is 5.56 Å². The van der Waals surface area contributed by atoms with E-state index in [1.165, 1.54) is 0 Å². The lowest BCUT2D eigenvalue weighted by Gasteiger charge is -2.20. The Balaban J connectivity index is 2.71. The number of anilines is 1. The summed E-state index contributed by atoms with van der Waals surface area (Å²) in [6.07, 6.45) is 4.73. The third-order valence-corrected chi connectivity index (χ3v) is 3.55. The molecule has 0 fully saturated rings. The molecule has 1 heterocycles. The van der Waals surface area contributed by atoms with Crippen LogP contribution in [0.2, 0.25) is 0 Å². The number of rotatable bonds is 8. The van der Waals surface area contributed by atoms with Crippen molar-refractivity contribution in [2.45, 2.75) is 53.2 Å². The fourth-order valence-electron chi connectivity index (χ4n) is 2.31. The predicted octanol–water partition coefficient (Wildman–Crippen LogP) is 2.11. The van der Waals surface area contributed by atoms with Gasteiger partial charge in [0.05, 0.1) is 6.10 Å². The first-order valence-corrected chi connectivity index (χ1v) is 7.46. The number of hydrogen-bond acceptors (Lipinski definition) is 4. The second-order valence-electron chi connectivity index (χ2n) is 5.65. The van der Waals surface area contributed by atoms with Gasteiger partial charge in [-0.3, -0.25) is 4.79 Å². The molecule has 1 aromatic rings. The normalized spacial score (nSPS) is 12.9. The minimum atomic E-state index is -0.454. The molecule has 114 valence electrons. The van der Waals surface area contributed by atoms with Crippen molar-refractivity contribution in [3.05, 3.63) is 22.7 Å². The Morgan fingerprint density at radius 3 is 2.55 bits per heavy atom. The summed E-state index contributed by atoms with van der Waals surface area (Å²) < 4.78 is 1.66. The van der Waals surface area contributed by atoms with Gasteiger partial charge in [-0.2, -0.15) is 0 Å². The van der Waals surface area contributed by atoms with Crippen molar-refractivity contribution < 1.29 is 5.11 Å². The summed E-state index contributed by atoms with van der Waals surface area (Å²) in [5.41, 5.74) is -0.127. The molecular formula is C15H27N3O2. The van der Waals surface area contributed by atoms with Crippen LogP contribution in [0, 0.1) is 11.8 Å². The summed E-state index contributed by atoms with van der Waals surface area (Å²) in [6.45, 7) is 9.29. The molecule has 0 aliphatic rings. The first-order valence-electron chi connectivity index (χ1n) is 7.46. The van der Waals surface area contributed by atoms with E-state index in [0.717, 1.165) is 12.8 Å². The van der Waals surface area contributed by atoms with E-state index in [1.54, 1.807) is 17.0 Å². The van der Waals surface area contributed by atoms with Crippen LogP contribution in [0.15, 0.2) is 17.2 Å². The van der Waals surface area contributed by atoms with Crippen LogP contribution >= 0.6 is 0 Å². The zero-order valence-electron chi connectivity index (χ0n) is 13.0. The fraction of sp³-hybridized carbons (Fsp3) is 0.733. The third-order valence-electron chi connectivity index (χ3n) is 3.55. The fourth-order valence-corrected chi connectivity index (χ4v) is 2.31. The van der Waals surface area contributed by atoms with E-state index >= 15 is 0 Å². The Kier molecular flexibility index (Phi) is 6.71. The van der Waals surface area contributed by atoms with Crippen LogP contribution in [0.4, 0.5) is 5.82 Å². The zero-order chi connectivity index (χ0) is 15.1. The highest BCUT2D eigenvalue weighted by Crippen LogP contribution is 2.13. The van der Waals surface area contributed by atoms with Gasteiger partial charge in [0.2, 0.25) is 0 Å². The van der Waals surface area contributed by atoms with E-state index in [-0.39, 0.29) is 11.5 Å². The summed E-state index contributed by atoms with van der Waals surface area (Å²) in [6, 6.07) is 0. The van der Waals surface area contributed by atoms with Crippen molar-refractivity contribution in [2.24, 2.45) is 11.8 Å². The lowest BCUT2D eigenvalue weighted by atomic mass is 9.97. The topological polar surface area (TPSA) is 67.2 Å². The molecular weight excluding hydrogens is 254 g/mol. The first kappa shape index (κ1) is 16.7. The Hall–Kier alpha value is -1.36. The van der Waals surface area contributed by atoms with Gasteiger partial charge in [-0.1, -0.05) is 40.5 Å².